The number of alkyl halides is 6. The van der Waals surface area contributed by atoms with Gasteiger partial charge in [0.25, 0.3) is 0 Å². The van der Waals surface area contributed by atoms with E-state index >= 15 is 0 Å². The zero-order chi connectivity index (χ0) is 16.5. The monoisotopic (exact) mass is 321 g/mol. The van der Waals surface area contributed by atoms with E-state index in [9.17, 15) is 26.3 Å². The first-order valence-electron chi connectivity index (χ1n) is 5.92. The van der Waals surface area contributed by atoms with Crippen LogP contribution in [0, 0.1) is 0 Å². The molecule has 2 nitrogen and oxygen atoms in total. The maximum absolute atomic E-state index is 12.8. The molecule has 0 fully saturated rings. The molecule has 2 rings (SSSR count). The van der Waals surface area contributed by atoms with Crippen molar-refractivity contribution < 1.29 is 31.1 Å². The average molecular weight is 321 g/mol. The van der Waals surface area contributed by atoms with E-state index in [1.165, 1.54) is 31.4 Å². The van der Waals surface area contributed by atoms with Crippen LogP contribution in [0.15, 0.2) is 36.4 Å². The van der Waals surface area contributed by atoms with Crippen molar-refractivity contribution in [1.29, 1.82) is 0 Å². The predicted octanol–water partition coefficient (Wildman–Crippen LogP) is 4.79. The second kappa shape index (κ2) is 5.51. The van der Waals surface area contributed by atoms with E-state index in [1.807, 2.05) is 0 Å². The Kier molecular flexibility index (Phi) is 4.04. The Labute approximate surface area is 121 Å². The van der Waals surface area contributed by atoms with E-state index in [0.717, 1.165) is 0 Å². The minimum Gasteiger partial charge on any atom is -0.497 e. The SMILES string of the molecule is COc1cccc(-c2cc(C(F)(F)F)cc(C(F)(F)F)n2)c1. The van der Waals surface area contributed by atoms with Crippen molar-refractivity contribution in [2.75, 3.05) is 7.11 Å². The Hall–Kier alpha value is -2.25. The van der Waals surface area contributed by atoms with E-state index in [1.54, 1.807) is 0 Å². The fraction of sp³-hybridized carbons (Fsp3) is 0.214. The van der Waals surface area contributed by atoms with Crippen LogP contribution in [-0.4, -0.2) is 12.1 Å². The number of pyridine rings is 1. The van der Waals surface area contributed by atoms with Crippen molar-refractivity contribution in [2.24, 2.45) is 0 Å². The van der Waals surface area contributed by atoms with Crippen molar-refractivity contribution in [3.05, 3.63) is 47.7 Å². The molecule has 8 heteroatoms. The summed E-state index contributed by atoms with van der Waals surface area (Å²) >= 11 is 0. The Morgan fingerprint density at radius 1 is 0.909 bits per heavy atom. The van der Waals surface area contributed by atoms with Gasteiger partial charge in [-0.05, 0) is 24.3 Å². The van der Waals surface area contributed by atoms with E-state index in [4.69, 9.17) is 4.74 Å². The van der Waals surface area contributed by atoms with Crippen LogP contribution in [-0.2, 0) is 12.4 Å². The first-order chi connectivity index (χ1) is 10.1. The molecule has 2 aromatic rings. The van der Waals surface area contributed by atoms with Gasteiger partial charge in [0.2, 0.25) is 0 Å². The van der Waals surface area contributed by atoms with Crippen LogP contribution in [0.2, 0.25) is 0 Å². The highest BCUT2D eigenvalue weighted by Crippen LogP contribution is 2.37. The van der Waals surface area contributed by atoms with Gasteiger partial charge >= 0.3 is 12.4 Å². The number of ether oxygens (including phenoxy) is 1. The fourth-order valence-electron chi connectivity index (χ4n) is 1.77. The zero-order valence-corrected chi connectivity index (χ0v) is 11.1. The Balaban J connectivity index is 2.64. The molecule has 0 N–H and O–H groups in total. The molecule has 0 saturated carbocycles. The van der Waals surface area contributed by atoms with Crippen LogP contribution in [0.3, 0.4) is 0 Å². The van der Waals surface area contributed by atoms with Gasteiger partial charge < -0.3 is 4.74 Å². The molecule has 0 bridgehead atoms. The molecular weight excluding hydrogens is 312 g/mol. The molecule has 0 amide bonds. The maximum atomic E-state index is 12.8. The molecule has 0 atom stereocenters. The van der Waals surface area contributed by atoms with E-state index in [2.05, 4.69) is 4.98 Å². The van der Waals surface area contributed by atoms with Gasteiger partial charge in [0.15, 0.2) is 0 Å². The minimum atomic E-state index is -4.98. The number of nitrogens with zero attached hydrogens (tertiary/aromatic N) is 1. The third-order valence-electron chi connectivity index (χ3n) is 2.81. The maximum Gasteiger partial charge on any atom is 0.433 e. The summed E-state index contributed by atoms with van der Waals surface area (Å²) in [7, 11) is 1.33. The van der Waals surface area contributed by atoms with Crippen molar-refractivity contribution in [3.63, 3.8) is 0 Å². The van der Waals surface area contributed by atoms with Crippen LogP contribution < -0.4 is 4.74 Å². The van der Waals surface area contributed by atoms with Crippen LogP contribution in [0.25, 0.3) is 11.3 Å². The molecule has 1 aromatic carbocycles. The summed E-state index contributed by atoms with van der Waals surface area (Å²) in [5, 5.41) is 0. The van der Waals surface area contributed by atoms with Crippen molar-refractivity contribution in [2.45, 2.75) is 12.4 Å². The van der Waals surface area contributed by atoms with Gasteiger partial charge in [0.05, 0.1) is 18.4 Å². The van der Waals surface area contributed by atoms with Crippen molar-refractivity contribution >= 4 is 0 Å². The molecule has 22 heavy (non-hydrogen) atoms. The summed E-state index contributed by atoms with van der Waals surface area (Å²) in [5.74, 6) is 0.297. The van der Waals surface area contributed by atoms with E-state index in [0.29, 0.717) is 11.8 Å². The van der Waals surface area contributed by atoms with Gasteiger partial charge in [-0.15, -0.1) is 0 Å². The van der Waals surface area contributed by atoms with Crippen LogP contribution in [0.4, 0.5) is 26.3 Å². The molecule has 0 aliphatic carbocycles. The van der Waals surface area contributed by atoms with Gasteiger partial charge in [-0.2, -0.15) is 26.3 Å². The van der Waals surface area contributed by atoms with Gasteiger partial charge in [0, 0.05) is 5.56 Å². The topological polar surface area (TPSA) is 22.1 Å². The summed E-state index contributed by atoms with van der Waals surface area (Å²) in [6, 6.07) is 6.19. The quantitative estimate of drug-likeness (QED) is 0.742. The summed E-state index contributed by atoms with van der Waals surface area (Å²) in [6.07, 6.45) is -9.88. The molecule has 0 aliphatic heterocycles. The Bertz CT molecular complexity index is 646. The molecule has 118 valence electrons. The third kappa shape index (κ3) is 3.49. The summed E-state index contributed by atoms with van der Waals surface area (Å²) in [6.45, 7) is 0. The first-order valence-corrected chi connectivity index (χ1v) is 5.92. The smallest absolute Gasteiger partial charge is 0.433 e. The number of methoxy groups -OCH3 is 1. The van der Waals surface area contributed by atoms with Crippen molar-refractivity contribution in [3.8, 4) is 17.0 Å². The number of benzene rings is 1. The van der Waals surface area contributed by atoms with Gasteiger partial charge in [0.1, 0.15) is 11.4 Å². The molecule has 0 spiro atoms. The number of hydrogen-bond donors (Lipinski definition) is 0. The Morgan fingerprint density at radius 3 is 2.14 bits per heavy atom. The van der Waals surface area contributed by atoms with Gasteiger partial charge in [-0.3, -0.25) is 0 Å². The van der Waals surface area contributed by atoms with E-state index < -0.39 is 29.3 Å². The van der Waals surface area contributed by atoms with E-state index in [-0.39, 0.29) is 11.6 Å². The largest absolute Gasteiger partial charge is 0.497 e. The standard InChI is InChI=1S/C14H9F6NO/c1-22-10-4-2-3-8(5-10)11-6-9(13(15,16)17)7-12(21-11)14(18,19)20/h2-7H,1H3. The lowest BCUT2D eigenvalue weighted by atomic mass is 10.1. The second-order valence-corrected chi connectivity index (χ2v) is 4.35. The molecular formula is C14H9F6NO. The number of hydrogen-bond acceptors (Lipinski definition) is 2. The average Bonchev–Trinajstić information content (AvgIpc) is 2.45. The lowest BCUT2D eigenvalue weighted by Crippen LogP contribution is -2.13. The summed E-state index contributed by atoms with van der Waals surface area (Å²) in [5.41, 5.74) is -3.34. The highest BCUT2D eigenvalue weighted by molar-refractivity contribution is 5.62. The summed E-state index contributed by atoms with van der Waals surface area (Å²) in [4.78, 5) is 3.28. The molecule has 0 radical (unpaired) electrons. The fourth-order valence-corrected chi connectivity index (χ4v) is 1.77. The van der Waals surface area contributed by atoms with Gasteiger partial charge in [-0.25, -0.2) is 4.98 Å². The second-order valence-electron chi connectivity index (χ2n) is 4.35. The predicted molar refractivity (Wildman–Crippen MR) is 66.2 cm³/mol. The van der Waals surface area contributed by atoms with Crippen molar-refractivity contribution in [1.82, 2.24) is 4.98 Å². The summed E-state index contributed by atoms with van der Waals surface area (Å²) < 4.78 is 81.5. The molecule has 0 aliphatic rings. The molecule has 1 heterocycles. The molecule has 1 aromatic heterocycles. The highest BCUT2D eigenvalue weighted by atomic mass is 19.4. The van der Waals surface area contributed by atoms with Crippen LogP contribution in [0.1, 0.15) is 11.3 Å². The normalized spacial score (nSPS) is 12.3. The van der Waals surface area contributed by atoms with Crippen LogP contribution in [0.5, 0.6) is 5.75 Å². The highest BCUT2D eigenvalue weighted by Gasteiger charge is 2.38. The molecule has 0 unspecified atom stereocenters. The zero-order valence-electron chi connectivity index (χ0n) is 11.1. The lowest BCUT2D eigenvalue weighted by Gasteiger charge is -2.13. The van der Waals surface area contributed by atoms with Crippen LogP contribution >= 0.6 is 0 Å². The minimum absolute atomic E-state index is 0.0102. The molecule has 0 saturated heterocycles. The number of rotatable bonds is 2. The van der Waals surface area contributed by atoms with Gasteiger partial charge in [-0.1, -0.05) is 12.1 Å². The first kappa shape index (κ1) is 16.1. The Morgan fingerprint density at radius 2 is 1.59 bits per heavy atom. The lowest BCUT2D eigenvalue weighted by molar-refractivity contribution is -0.145. The number of aromatic nitrogens is 1. The third-order valence-corrected chi connectivity index (χ3v) is 2.81. The number of halogens is 6.